The van der Waals surface area contributed by atoms with Gasteiger partial charge in [-0.2, -0.15) is 0 Å². The molecule has 0 saturated heterocycles. The van der Waals surface area contributed by atoms with Gasteiger partial charge in [-0.15, -0.1) is 0 Å². The molecule has 0 heterocycles. The SMILES string of the molecule is CC[C@H](C(=O)NCC(C)C)N(Cc1ccc(C)cc1)C(=O)CN(c1cc(Cl)ccc1OC)S(=O)(=O)c1ccc(C)cc1. The van der Waals surface area contributed by atoms with Gasteiger partial charge in [0.1, 0.15) is 18.3 Å². The van der Waals surface area contributed by atoms with Crippen molar-refractivity contribution in [2.45, 2.75) is 58.5 Å². The smallest absolute Gasteiger partial charge is 0.264 e. The number of carbonyl (C=O) groups is 2. The zero-order chi connectivity index (χ0) is 31.0. The Hall–Kier alpha value is -3.56. The highest BCUT2D eigenvalue weighted by atomic mass is 35.5. The number of anilines is 1. The van der Waals surface area contributed by atoms with Gasteiger partial charge in [-0.1, -0.05) is 79.9 Å². The third-order valence-electron chi connectivity index (χ3n) is 6.84. The number of carbonyl (C=O) groups excluding carboxylic acids is 2. The molecule has 42 heavy (non-hydrogen) atoms. The van der Waals surface area contributed by atoms with E-state index in [4.69, 9.17) is 16.3 Å². The first kappa shape index (κ1) is 32.9. The molecule has 0 radical (unpaired) electrons. The summed E-state index contributed by atoms with van der Waals surface area (Å²) in [6.07, 6.45) is 0.340. The van der Waals surface area contributed by atoms with Crippen molar-refractivity contribution < 1.29 is 22.7 Å². The Morgan fingerprint density at radius 1 is 0.952 bits per heavy atom. The number of nitrogens with zero attached hydrogens (tertiary/aromatic N) is 2. The maximum Gasteiger partial charge on any atom is 0.264 e. The van der Waals surface area contributed by atoms with Crippen molar-refractivity contribution in [3.63, 3.8) is 0 Å². The molecule has 1 atom stereocenters. The van der Waals surface area contributed by atoms with Crippen molar-refractivity contribution in [2.75, 3.05) is 24.5 Å². The summed E-state index contributed by atoms with van der Waals surface area (Å²) in [6, 6.07) is 17.8. The average molecular weight is 614 g/mol. The predicted molar refractivity (Wildman–Crippen MR) is 167 cm³/mol. The van der Waals surface area contributed by atoms with Gasteiger partial charge in [-0.05, 0) is 62.1 Å². The first-order valence-electron chi connectivity index (χ1n) is 13.9. The fraction of sp³-hybridized carbons (Fsp3) is 0.375. The van der Waals surface area contributed by atoms with Gasteiger partial charge >= 0.3 is 0 Å². The molecule has 3 rings (SSSR count). The van der Waals surface area contributed by atoms with Gasteiger partial charge in [-0.25, -0.2) is 8.42 Å². The summed E-state index contributed by atoms with van der Waals surface area (Å²) in [5.74, 6) is -0.382. The van der Waals surface area contributed by atoms with Gasteiger partial charge in [-0.3, -0.25) is 13.9 Å². The van der Waals surface area contributed by atoms with Gasteiger partial charge in [0.2, 0.25) is 11.8 Å². The molecule has 0 bridgehead atoms. The number of sulfonamides is 1. The number of halogens is 1. The zero-order valence-corrected chi connectivity index (χ0v) is 26.6. The third kappa shape index (κ3) is 8.26. The number of ether oxygens (including phenoxy) is 1. The van der Waals surface area contributed by atoms with Crippen LogP contribution in [0.2, 0.25) is 5.02 Å². The molecule has 0 aliphatic heterocycles. The molecule has 0 saturated carbocycles. The Morgan fingerprint density at radius 3 is 2.10 bits per heavy atom. The Balaban J connectivity index is 2.11. The molecular formula is C32H40ClN3O5S. The maximum atomic E-state index is 14.2. The third-order valence-corrected chi connectivity index (χ3v) is 8.85. The number of aryl methyl sites for hydroxylation is 2. The van der Waals surface area contributed by atoms with E-state index in [1.54, 1.807) is 24.3 Å². The van der Waals surface area contributed by atoms with Crippen LogP contribution < -0.4 is 14.4 Å². The Labute approximate surface area is 254 Å². The average Bonchev–Trinajstić information content (AvgIpc) is 2.95. The van der Waals surface area contributed by atoms with E-state index in [0.717, 1.165) is 21.0 Å². The monoisotopic (exact) mass is 613 g/mol. The molecular weight excluding hydrogens is 574 g/mol. The first-order valence-corrected chi connectivity index (χ1v) is 15.7. The summed E-state index contributed by atoms with van der Waals surface area (Å²) in [7, 11) is -2.84. The lowest BCUT2D eigenvalue weighted by molar-refractivity contribution is -0.140. The highest BCUT2D eigenvalue weighted by Crippen LogP contribution is 2.35. The van der Waals surface area contributed by atoms with Gasteiger partial charge in [0.15, 0.2) is 0 Å². The van der Waals surface area contributed by atoms with Crippen molar-refractivity contribution in [3.05, 3.63) is 88.4 Å². The summed E-state index contributed by atoms with van der Waals surface area (Å²) in [5.41, 5.74) is 2.88. The standard InChI is InChI=1S/C32H40ClN3O5S/c1-7-28(32(38)34-19-22(2)3)35(20-25-12-8-23(4)9-13-25)31(37)21-36(29-18-26(33)14-17-30(29)41-6)42(39,40)27-15-10-24(5)11-16-27/h8-18,22,28H,7,19-21H2,1-6H3,(H,34,38)/t28-/m1/s1. The van der Waals surface area contributed by atoms with Crippen LogP contribution in [0.3, 0.4) is 0 Å². The lowest BCUT2D eigenvalue weighted by Gasteiger charge is -2.33. The number of hydrogen-bond donors (Lipinski definition) is 1. The molecule has 0 aliphatic carbocycles. The largest absolute Gasteiger partial charge is 0.495 e. The molecule has 0 fully saturated rings. The Bertz CT molecular complexity index is 1470. The normalized spacial score (nSPS) is 12.1. The maximum absolute atomic E-state index is 14.2. The van der Waals surface area contributed by atoms with Crippen LogP contribution >= 0.6 is 11.6 Å². The lowest BCUT2D eigenvalue weighted by Crippen LogP contribution is -2.52. The van der Waals surface area contributed by atoms with E-state index >= 15 is 0 Å². The summed E-state index contributed by atoms with van der Waals surface area (Å²) >= 11 is 6.30. The van der Waals surface area contributed by atoms with Crippen LogP contribution in [0.25, 0.3) is 0 Å². The van der Waals surface area contributed by atoms with Crippen molar-refractivity contribution in [1.82, 2.24) is 10.2 Å². The molecule has 1 N–H and O–H groups in total. The molecule has 0 unspecified atom stereocenters. The fourth-order valence-electron chi connectivity index (χ4n) is 4.44. The lowest BCUT2D eigenvalue weighted by atomic mass is 10.1. The number of amides is 2. The molecule has 3 aromatic rings. The second-order valence-electron chi connectivity index (χ2n) is 10.7. The van der Waals surface area contributed by atoms with Crippen molar-refractivity contribution in [1.29, 1.82) is 0 Å². The molecule has 2 amide bonds. The number of methoxy groups -OCH3 is 1. The second kappa shape index (κ2) is 14.6. The van der Waals surface area contributed by atoms with Crippen LogP contribution in [-0.2, 0) is 26.2 Å². The molecule has 8 nitrogen and oxygen atoms in total. The van der Waals surface area contributed by atoms with Crippen LogP contribution in [0.5, 0.6) is 5.75 Å². The van der Waals surface area contributed by atoms with E-state index in [1.165, 1.54) is 30.2 Å². The van der Waals surface area contributed by atoms with E-state index < -0.39 is 28.5 Å². The van der Waals surface area contributed by atoms with E-state index in [-0.39, 0.29) is 39.7 Å². The molecule has 0 aliphatic rings. The molecule has 0 aromatic heterocycles. The topological polar surface area (TPSA) is 96.0 Å². The van der Waals surface area contributed by atoms with E-state index in [0.29, 0.717) is 13.0 Å². The number of hydrogen-bond acceptors (Lipinski definition) is 5. The van der Waals surface area contributed by atoms with Gasteiger partial charge < -0.3 is 15.0 Å². The fourth-order valence-corrected chi connectivity index (χ4v) is 6.02. The number of nitrogens with one attached hydrogen (secondary N) is 1. The summed E-state index contributed by atoms with van der Waals surface area (Å²) < 4.78 is 34.7. The van der Waals surface area contributed by atoms with Crippen LogP contribution in [0, 0.1) is 19.8 Å². The number of rotatable bonds is 13. The van der Waals surface area contributed by atoms with Crippen LogP contribution in [0.1, 0.15) is 43.9 Å². The Kier molecular flexibility index (Phi) is 11.4. The molecule has 226 valence electrons. The summed E-state index contributed by atoms with van der Waals surface area (Å²) in [5, 5.41) is 3.21. The minimum absolute atomic E-state index is 0.00901. The predicted octanol–water partition coefficient (Wildman–Crippen LogP) is 5.74. The quantitative estimate of drug-likeness (QED) is 0.265. The van der Waals surface area contributed by atoms with E-state index in [1.807, 2.05) is 58.9 Å². The van der Waals surface area contributed by atoms with Crippen molar-refractivity contribution in [2.24, 2.45) is 5.92 Å². The van der Waals surface area contributed by atoms with E-state index in [9.17, 15) is 18.0 Å². The summed E-state index contributed by atoms with van der Waals surface area (Å²) in [4.78, 5) is 29.0. The number of benzene rings is 3. The highest BCUT2D eigenvalue weighted by molar-refractivity contribution is 7.92. The molecule has 10 heteroatoms. The van der Waals surface area contributed by atoms with Crippen LogP contribution in [0.15, 0.2) is 71.6 Å². The highest BCUT2D eigenvalue weighted by Gasteiger charge is 2.35. The van der Waals surface area contributed by atoms with Gasteiger partial charge in [0, 0.05) is 18.1 Å². The molecule has 3 aromatic carbocycles. The molecule has 0 spiro atoms. The minimum Gasteiger partial charge on any atom is -0.495 e. The van der Waals surface area contributed by atoms with Crippen molar-refractivity contribution in [3.8, 4) is 5.75 Å². The zero-order valence-electron chi connectivity index (χ0n) is 25.1. The first-order chi connectivity index (χ1) is 19.9. The minimum atomic E-state index is -4.25. The van der Waals surface area contributed by atoms with Gasteiger partial charge in [0.25, 0.3) is 10.0 Å². The van der Waals surface area contributed by atoms with Crippen molar-refractivity contribution >= 4 is 39.1 Å². The van der Waals surface area contributed by atoms with Crippen LogP contribution in [-0.4, -0.2) is 51.4 Å². The second-order valence-corrected chi connectivity index (χ2v) is 13.0. The van der Waals surface area contributed by atoms with Crippen LogP contribution in [0.4, 0.5) is 5.69 Å². The Morgan fingerprint density at radius 2 is 1.55 bits per heavy atom. The van der Waals surface area contributed by atoms with E-state index in [2.05, 4.69) is 5.32 Å². The van der Waals surface area contributed by atoms with Gasteiger partial charge in [0.05, 0.1) is 17.7 Å². The summed E-state index contributed by atoms with van der Waals surface area (Å²) in [6.45, 7) is 9.63.